The van der Waals surface area contributed by atoms with Gasteiger partial charge in [-0.1, -0.05) is 0 Å². The molecule has 0 saturated heterocycles. The number of rotatable bonds is 7. The molecule has 0 aliphatic rings. The fourth-order valence-electron chi connectivity index (χ4n) is 1.58. The van der Waals surface area contributed by atoms with Gasteiger partial charge < -0.3 is 15.0 Å². The van der Waals surface area contributed by atoms with Crippen LogP contribution in [0.25, 0.3) is 0 Å². The van der Waals surface area contributed by atoms with Crippen LogP contribution < -0.4 is 5.32 Å². The lowest BCUT2D eigenvalue weighted by molar-refractivity contribution is -0.137. The van der Waals surface area contributed by atoms with Gasteiger partial charge in [-0.15, -0.1) is 0 Å². The Morgan fingerprint density at radius 1 is 1.25 bits per heavy atom. The number of hydrogen-bond acceptors (Lipinski definition) is 3. The van der Waals surface area contributed by atoms with Crippen molar-refractivity contribution in [3.8, 4) is 0 Å². The van der Waals surface area contributed by atoms with Crippen LogP contribution in [0, 0.1) is 5.82 Å². The van der Waals surface area contributed by atoms with Gasteiger partial charge in [0.25, 0.3) is 0 Å². The molecule has 1 aromatic rings. The Morgan fingerprint density at radius 3 is 2.50 bits per heavy atom. The molecule has 3 nitrogen and oxygen atoms in total. The number of anilines is 1. The number of ether oxygens (including phenoxy) is 1. The minimum Gasteiger partial charge on any atom is -0.383 e. The smallest absolute Gasteiger partial charge is 0.383 e. The number of methoxy groups -OCH3 is 1. The molecule has 1 N–H and O–H groups in total. The third kappa shape index (κ3) is 5.34. The monoisotopic (exact) mass is 294 g/mol. The van der Waals surface area contributed by atoms with Crippen molar-refractivity contribution in [2.24, 2.45) is 0 Å². The molecule has 7 heteroatoms. The van der Waals surface area contributed by atoms with E-state index in [0.717, 1.165) is 18.7 Å². The molecule has 114 valence electrons. The summed E-state index contributed by atoms with van der Waals surface area (Å²) in [4.78, 5) is 1.97. The van der Waals surface area contributed by atoms with Gasteiger partial charge in [-0.3, -0.25) is 0 Å². The Morgan fingerprint density at radius 2 is 1.95 bits per heavy atom. The molecule has 0 unspecified atom stereocenters. The highest BCUT2D eigenvalue weighted by Gasteiger charge is 2.31. The first-order chi connectivity index (χ1) is 9.34. The normalized spacial score (nSPS) is 11.9. The second-order valence-corrected chi connectivity index (χ2v) is 4.42. The van der Waals surface area contributed by atoms with Crippen molar-refractivity contribution in [1.29, 1.82) is 0 Å². The SMILES string of the molecule is COCCN(C)CCNc1ccc(C(F)(F)F)cc1F. The summed E-state index contributed by atoms with van der Waals surface area (Å²) in [5, 5.41) is 2.77. The molecule has 0 aromatic heterocycles. The van der Waals surface area contributed by atoms with Crippen LogP contribution in [0.4, 0.5) is 23.2 Å². The Labute approximate surface area is 115 Å². The molecule has 0 atom stereocenters. The number of nitrogens with zero attached hydrogens (tertiary/aromatic N) is 1. The first-order valence-corrected chi connectivity index (χ1v) is 6.12. The zero-order valence-corrected chi connectivity index (χ0v) is 11.4. The molecule has 1 aromatic carbocycles. The van der Waals surface area contributed by atoms with Gasteiger partial charge in [0.15, 0.2) is 0 Å². The maximum atomic E-state index is 13.5. The fourth-order valence-corrected chi connectivity index (χ4v) is 1.58. The highest BCUT2D eigenvalue weighted by atomic mass is 19.4. The zero-order valence-electron chi connectivity index (χ0n) is 11.4. The maximum Gasteiger partial charge on any atom is 0.416 e. The number of alkyl halides is 3. The highest BCUT2D eigenvalue weighted by molar-refractivity contribution is 5.46. The van der Waals surface area contributed by atoms with E-state index in [-0.39, 0.29) is 5.69 Å². The van der Waals surface area contributed by atoms with Crippen molar-refractivity contribution in [2.45, 2.75) is 6.18 Å². The first kappa shape index (κ1) is 16.7. The molecule has 0 aliphatic carbocycles. The second kappa shape index (κ2) is 7.44. The number of halogens is 4. The van der Waals surface area contributed by atoms with E-state index >= 15 is 0 Å². The van der Waals surface area contributed by atoms with Crippen molar-refractivity contribution in [2.75, 3.05) is 45.7 Å². The van der Waals surface area contributed by atoms with Crippen molar-refractivity contribution >= 4 is 5.69 Å². The second-order valence-electron chi connectivity index (χ2n) is 4.42. The van der Waals surface area contributed by atoms with Crippen LogP contribution in [0.15, 0.2) is 18.2 Å². The molecular formula is C13H18F4N2O. The van der Waals surface area contributed by atoms with Crippen LogP contribution in [-0.2, 0) is 10.9 Å². The lowest BCUT2D eigenvalue weighted by Crippen LogP contribution is -2.28. The predicted octanol–water partition coefficient (Wildman–Crippen LogP) is 2.83. The van der Waals surface area contributed by atoms with Crippen molar-refractivity contribution in [3.05, 3.63) is 29.6 Å². The summed E-state index contributed by atoms with van der Waals surface area (Å²) in [6, 6.07) is 2.46. The van der Waals surface area contributed by atoms with E-state index in [2.05, 4.69) is 5.32 Å². The van der Waals surface area contributed by atoms with Crippen LogP contribution in [-0.4, -0.2) is 45.3 Å². The molecule has 0 fully saturated rings. The van der Waals surface area contributed by atoms with E-state index in [4.69, 9.17) is 4.74 Å². The third-order valence-corrected chi connectivity index (χ3v) is 2.78. The van der Waals surface area contributed by atoms with Crippen molar-refractivity contribution < 1.29 is 22.3 Å². The van der Waals surface area contributed by atoms with Gasteiger partial charge >= 0.3 is 6.18 Å². The van der Waals surface area contributed by atoms with Gasteiger partial charge in [-0.25, -0.2) is 4.39 Å². The van der Waals surface area contributed by atoms with Gasteiger partial charge in [-0.05, 0) is 25.2 Å². The Bertz CT molecular complexity index is 423. The number of hydrogen-bond donors (Lipinski definition) is 1. The lowest BCUT2D eigenvalue weighted by atomic mass is 10.2. The van der Waals surface area contributed by atoms with E-state index in [0.29, 0.717) is 25.8 Å². The number of benzene rings is 1. The Hall–Kier alpha value is -1.34. The van der Waals surface area contributed by atoms with Crippen LogP contribution >= 0.6 is 0 Å². The molecule has 0 heterocycles. The average Bonchev–Trinajstić information content (AvgIpc) is 2.37. The maximum absolute atomic E-state index is 13.5. The number of nitrogens with one attached hydrogen (secondary N) is 1. The van der Waals surface area contributed by atoms with E-state index in [1.165, 1.54) is 0 Å². The Kier molecular flexibility index (Phi) is 6.22. The highest BCUT2D eigenvalue weighted by Crippen LogP contribution is 2.31. The summed E-state index contributed by atoms with van der Waals surface area (Å²) in [7, 11) is 3.48. The molecule has 20 heavy (non-hydrogen) atoms. The molecule has 0 saturated carbocycles. The largest absolute Gasteiger partial charge is 0.416 e. The Balaban J connectivity index is 2.49. The van der Waals surface area contributed by atoms with Gasteiger partial charge in [0.1, 0.15) is 5.82 Å². The van der Waals surface area contributed by atoms with E-state index < -0.39 is 17.6 Å². The summed E-state index contributed by atoms with van der Waals surface area (Å²) < 4.78 is 55.5. The summed E-state index contributed by atoms with van der Waals surface area (Å²) >= 11 is 0. The molecule has 0 spiro atoms. The van der Waals surface area contributed by atoms with E-state index in [1.54, 1.807) is 7.11 Å². The minimum atomic E-state index is -4.53. The van der Waals surface area contributed by atoms with Crippen molar-refractivity contribution in [3.63, 3.8) is 0 Å². The third-order valence-electron chi connectivity index (χ3n) is 2.78. The van der Waals surface area contributed by atoms with Crippen LogP contribution in [0.3, 0.4) is 0 Å². The van der Waals surface area contributed by atoms with Crippen molar-refractivity contribution in [1.82, 2.24) is 4.90 Å². The molecule has 0 bridgehead atoms. The quantitative estimate of drug-likeness (QED) is 0.783. The van der Waals surface area contributed by atoms with Crippen LogP contribution in [0.2, 0.25) is 0 Å². The minimum absolute atomic E-state index is 0.0677. The molecule has 0 aliphatic heterocycles. The van der Waals surface area contributed by atoms with E-state index in [9.17, 15) is 17.6 Å². The summed E-state index contributed by atoms with van der Waals surface area (Å²) in [5.74, 6) is -0.903. The van der Waals surface area contributed by atoms with Gasteiger partial charge in [0.2, 0.25) is 0 Å². The van der Waals surface area contributed by atoms with Gasteiger partial charge in [0, 0.05) is 26.7 Å². The molecular weight excluding hydrogens is 276 g/mol. The van der Waals surface area contributed by atoms with Crippen LogP contribution in [0.1, 0.15) is 5.56 Å². The summed E-state index contributed by atoms with van der Waals surface area (Å²) in [5.41, 5.74) is -0.920. The average molecular weight is 294 g/mol. The standard InChI is InChI=1S/C13H18F4N2O/c1-19(7-8-20-2)6-5-18-12-4-3-10(9-11(12)14)13(15,16)17/h3-4,9,18H,5-8H2,1-2H3. The number of likely N-dealkylation sites (N-methyl/N-ethyl adjacent to an activating group) is 1. The predicted molar refractivity (Wildman–Crippen MR) is 69.3 cm³/mol. The summed E-state index contributed by atoms with van der Waals surface area (Å²) in [6.07, 6.45) is -4.53. The molecule has 0 amide bonds. The fraction of sp³-hybridized carbons (Fsp3) is 0.538. The van der Waals surface area contributed by atoms with Gasteiger partial charge in [-0.2, -0.15) is 13.2 Å². The van der Waals surface area contributed by atoms with Crippen LogP contribution in [0.5, 0.6) is 0 Å². The summed E-state index contributed by atoms with van der Waals surface area (Å²) in [6.45, 7) is 2.38. The van der Waals surface area contributed by atoms with Gasteiger partial charge in [0.05, 0.1) is 17.9 Å². The first-order valence-electron chi connectivity index (χ1n) is 6.12. The lowest BCUT2D eigenvalue weighted by Gasteiger charge is -2.17. The zero-order chi connectivity index (χ0) is 15.2. The molecule has 0 radical (unpaired) electrons. The molecule has 1 rings (SSSR count). The van der Waals surface area contributed by atoms with E-state index in [1.807, 2.05) is 11.9 Å². The topological polar surface area (TPSA) is 24.5 Å².